The van der Waals surface area contributed by atoms with Crippen molar-refractivity contribution in [2.75, 3.05) is 4.90 Å². The van der Waals surface area contributed by atoms with Gasteiger partial charge in [0.15, 0.2) is 0 Å². The molecule has 0 aliphatic heterocycles. The molecular weight excluding hydrogens is 691 g/mol. The highest BCUT2D eigenvalue weighted by molar-refractivity contribution is 6.06. The van der Waals surface area contributed by atoms with Crippen LogP contribution >= 0.6 is 0 Å². The molecule has 1 heterocycles. The molecule has 0 N–H and O–H groups in total. The van der Waals surface area contributed by atoms with Crippen LogP contribution in [0.2, 0.25) is 0 Å². The van der Waals surface area contributed by atoms with E-state index in [1.54, 1.807) is 11.1 Å². The highest BCUT2D eigenvalue weighted by atomic mass is 16.3. The number of para-hydroxylation sites is 1. The number of hydrogen-bond acceptors (Lipinski definition) is 2. The molecule has 4 bridgehead atoms. The summed E-state index contributed by atoms with van der Waals surface area (Å²) in [5.74, 6) is 3.03. The summed E-state index contributed by atoms with van der Waals surface area (Å²) in [6.45, 7) is 0. The standard InChI is InChI=1S/C55H43NO/c1-2-8-40-32-41(14-13-37(40)7-1)38-15-20-45(21-16-38)56(47-24-26-52-51-11-5-6-12-54(51)57-55(52)34-47)46-22-17-39(18-23-46)42-19-25-50-49-10-4-3-9-48(49)43-28-35-27-36(29-43)31-44(30-35)53(50)33-42/h1-26,32-36,43-44H,27-31H2. The zero-order valence-corrected chi connectivity index (χ0v) is 31.9. The molecule has 8 aromatic carbocycles. The smallest absolute Gasteiger partial charge is 0.137 e. The fraction of sp³-hybridized carbons (Fsp3) is 0.164. The van der Waals surface area contributed by atoms with E-state index in [0.717, 1.165) is 50.8 Å². The lowest BCUT2D eigenvalue weighted by Crippen LogP contribution is -2.29. The zero-order chi connectivity index (χ0) is 37.5. The van der Waals surface area contributed by atoms with Crippen LogP contribution in [0, 0.1) is 11.8 Å². The average molecular weight is 734 g/mol. The van der Waals surface area contributed by atoms with E-state index in [1.165, 1.54) is 76.3 Å². The highest BCUT2D eigenvalue weighted by Crippen LogP contribution is 2.55. The lowest BCUT2D eigenvalue weighted by atomic mass is 9.63. The van der Waals surface area contributed by atoms with Gasteiger partial charge in [-0.15, -0.1) is 0 Å². The molecule has 2 atom stereocenters. The van der Waals surface area contributed by atoms with Crippen molar-refractivity contribution in [2.24, 2.45) is 11.8 Å². The third kappa shape index (κ3) is 5.61. The highest BCUT2D eigenvalue weighted by Gasteiger charge is 2.40. The predicted octanol–water partition coefficient (Wildman–Crippen LogP) is 15.6. The Labute approximate surface area is 334 Å². The Hall–Kier alpha value is -6.38. The summed E-state index contributed by atoms with van der Waals surface area (Å²) < 4.78 is 6.41. The van der Waals surface area contributed by atoms with Gasteiger partial charge in [-0.05, 0) is 160 Å². The van der Waals surface area contributed by atoms with Crippen molar-refractivity contribution < 1.29 is 4.42 Å². The Morgan fingerprint density at radius 2 is 0.930 bits per heavy atom. The van der Waals surface area contributed by atoms with Crippen molar-refractivity contribution in [1.29, 1.82) is 0 Å². The van der Waals surface area contributed by atoms with Crippen molar-refractivity contribution in [2.45, 2.75) is 43.9 Å². The normalized spacial score (nSPS) is 19.6. The van der Waals surface area contributed by atoms with Gasteiger partial charge in [-0.25, -0.2) is 0 Å². The van der Waals surface area contributed by atoms with Gasteiger partial charge in [-0.1, -0.05) is 121 Å². The van der Waals surface area contributed by atoms with E-state index in [-0.39, 0.29) is 0 Å². The molecule has 2 saturated carbocycles. The van der Waals surface area contributed by atoms with Crippen molar-refractivity contribution in [1.82, 2.24) is 0 Å². The second-order valence-electron chi connectivity index (χ2n) is 17.0. The molecule has 2 heteroatoms. The van der Waals surface area contributed by atoms with Gasteiger partial charge in [0.1, 0.15) is 11.2 Å². The molecule has 0 saturated heterocycles. The van der Waals surface area contributed by atoms with E-state index in [4.69, 9.17) is 4.42 Å². The first kappa shape index (κ1) is 32.8. The van der Waals surface area contributed by atoms with Gasteiger partial charge < -0.3 is 9.32 Å². The van der Waals surface area contributed by atoms with Gasteiger partial charge in [0.25, 0.3) is 0 Å². The molecule has 2 fully saturated rings. The van der Waals surface area contributed by atoms with Crippen molar-refractivity contribution >= 4 is 49.8 Å². The number of rotatable bonds is 5. The summed E-state index contributed by atoms with van der Waals surface area (Å²) in [6, 6.07) is 65.1. The quantitative estimate of drug-likeness (QED) is 0.175. The van der Waals surface area contributed by atoms with Gasteiger partial charge in [0, 0.05) is 33.9 Å². The minimum Gasteiger partial charge on any atom is -0.456 e. The Bertz CT molecular complexity index is 2960. The SMILES string of the molecule is c1ccc2c(c1)-c1ccc(-c3ccc(N(c4ccc(-c5ccc6ccccc6c5)cc4)c4ccc5c(c4)oc4ccccc45)cc3)cc1C1CC3CC(CC2C3)C1. The van der Waals surface area contributed by atoms with Crippen LogP contribution in [0.15, 0.2) is 180 Å². The number of hydrogen-bond donors (Lipinski definition) is 0. The van der Waals surface area contributed by atoms with Gasteiger partial charge in [0.2, 0.25) is 0 Å². The van der Waals surface area contributed by atoms with Crippen molar-refractivity contribution in [3.63, 3.8) is 0 Å². The average Bonchev–Trinajstić information content (AvgIpc) is 3.66. The van der Waals surface area contributed by atoms with E-state index in [9.17, 15) is 0 Å². The van der Waals surface area contributed by atoms with Crippen LogP contribution in [0.3, 0.4) is 0 Å². The number of fused-ring (bicyclic) bond motifs is 4. The summed E-state index contributed by atoms with van der Waals surface area (Å²) in [7, 11) is 0. The van der Waals surface area contributed by atoms with Crippen molar-refractivity contribution in [3.05, 3.63) is 187 Å². The lowest BCUT2D eigenvalue weighted by Gasteiger charge is -2.42. The van der Waals surface area contributed by atoms with Crippen LogP contribution in [0.25, 0.3) is 66.1 Å². The molecule has 274 valence electrons. The maximum Gasteiger partial charge on any atom is 0.137 e. The molecule has 0 radical (unpaired) electrons. The topological polar surface area (TPSA) is 16.4 Å². The van der Waals surface area contributed by atoms with Gasteiger partial charge >= 0.3 is 0 Å². The molecule has 2 unspecified atom stereocenters. The van der Waals surface area contributed by atoms with Crippen molar-refractivity contribution in [3.8, 4) is 33.4 Å². The maximum absolute atomic E-state index is 6.41. The first-order valence-corrected chi connectivity index (χ1v) is 20.8. The second kappa shape index (κ2) is 13.1. The maximum atomic E-state index is 6.41. The number of benzene rings is 8. The molecule has 13 rings (SSSR count). The Morgan fingerprint density at radius 3 is 1.70 bits per heavy atom. The summed E-state index contributed by atoms with van der Waals surface area (Å²) in [4.78, 5) is 2.36. The molecule has 2 nitrogen and oxygen atoms in total. The zero-order valence-electron chi connectivity index (χ0n) is 31.9. The first-order valence-electron chi connectivity index (χ1n) is 20.8. The van der Waals surface area contributed by atoms with Crippen LogP contribution in [0.4, 0.5) is 17.1 Å². The van der Waals surface area contributed by atoms with Gasteiger partial charge in [-0.2, -0.15) is 0 Å². The Kier molecular flexibility index (Phi) is 7.54. The lowest BCUT2D eigenvalue weighted by molar-refractivity contribution is 0.153. The number of anilines is 3. The monoisotopic (exact) mass is 733 g/mol. The summed E-state index contributed by atoms with van der Waals surface area (Å²) in [6.07, 6.45) is 6.81. The summed E-state index contributed by atoms with van der Waals surface area (Å²) in [5, 5.41) is 4.79. The van der Waals surface area contributed by atoms with E-state index in [0.29, 0.717) is 11.8 Å². The van der Waals surface area contributed by atoms with Crippen LogP contribution in [0.1, 0.15) is 55.1 Å². The Balaban J connectivity index is 0.937. The Morgan fingerprint density at radius 1 is 0.368 bits per heavy atom. The fourth-order valence-electron chi connectivity index (χ4n) is 11.1. The van der Waals surface area contributed by atoms with E-state index >= 15 is 0 Å². The van der Waals surface area contributed by atoms with Crippen LogP contribution < -0.4 is 4.90 Å². The third-order valence-electron chi connectivity index (χ3n) is 13.6. The fourth-order valence-corrected chi connectivity index (χ4v) is 11.1. The third-order valence-corrected chi connectivity index (χ3v) is 13.6. The molecule has 9 aromatic rings. The minimum atomic E-state index is 0.635. The number of furan rings is 1. The second-order valence-corrected chi connectivity index (χ2v) is 17.0. The number of nitrogens with zero attached hydrogens (tertiary/aromatic N) is 1. The molecule has 1 aromatic heterocycles. The van der Waals surface area contributed by atoms with E-state index in [1.807, 2.05) is 6.07 Å². The molecule has 4 aliphatic carbocycles. The van der Waals surface area contributed by atoms with E-state index < -0.39 is 0 Å². The molecule has 0 spiro atoms. The first-order chi connectivity index (χ1) is 28.2. The largest absolute Gasteiger partial charge is 0.456 e. The minimum absolute atomic E-state index is 0.635. The summed E-state index contributed by atoms with van der Waals surface area (Å²) >= 11 is 0. The van der Waals surface area contributed by atoms with Crippen LogP contribution in [-0.4, -0.2) is 0 Å². The molecule has 4 aliphatic rings. The van der Waals surface area contributed by atoms with E-state index in [2.05, 4.69) is 175 Å². The summed E-state index contributed by atoms with van der Waals surface area (Å²) in [5.41, 5.74) is 16.1. The molecule has 57 heavy (non-hydrogen) atoms. The predicted molar refractivity (Wildman–Crippen MR) is 238 cm³/mol. The van der Waals surface area contributed by atoms with Crippen LogP contribution in [-0.2, 0) is 0 Å². The van der Waals surface area contributed by atoms with Gasteiger partial charge in [-0.3, -0.25) is 0 Å². The van der Waals surface area contributed by atoms with Gasteiger partial charge in [0.05, 0.1) is 0 Å². The molecular formula is C55H43NO. The molecule has 0 amide bonds. The van der Waals surface area contributed by atoms with Crippen LogP contribution in [0.5, 0.6) is 0 Å².